The maximum atomic E-state index is 15.8. The van der Waals surface area contributed by atoms with Gasteiger partial charge in [-0.1, -0.05) is 5.11 Å². The Morgan fingerprint density at radius 2 is 1.66 bits per heavy atom. The number of hydrogen-bond acceptors (Lipinski definition) is 13. The topological polar surface area (TPSA) is 219 Å². The second kappa shape index (κ2) is 14.0. The van der Waals surface area contributed by atoms with Crippen LogP contribution in [0.5, 0.6) is 0 Å². The third-order valence-corrected chi connectivity index (χ3v) is 4.79. The Morgan fingerprint density at radius 1 is 1.05 bits per heavy atom. The lowest BCUT2D eigenvalue weighted by atomic mass is 9.87. The van der Waals surface area contributed by atoms with Crippen LogP contribution in [0, 0.1) is 0 Å². The maximum absolute atomic E-state index is 15.8. The predicted molar refractivity (Wildman–Crippen MR) is 115 cm³/mol. The molecule has 0 aromatic carbocycles. The van der Waals surface area contributed by atoms with Crippen LogP contribution in [0.2, 0.25) is 0 Å². The summed E-state index contributed by atoms with van der Waals surface area (Å²) in [5, 5.41) is 5.13. The molecule has 38 heavy (non-hydrogen) atoms. The van der Waals surface area contributed by atoms with Crippen LogP contribution in [-0.2, 0) is 57.2 Å². The lowest BCUT2D eigenvalue weighted by molar-refractivity contribution is -0.298. The van der Waals surface area contributed by atoms with Gasteiger partial charge in [-0.05, 0) is 5.53 Å². The van der Waals surface area contributed by atoms with Gasteiger partial charge in [0.05, 0.1) is 13.2 Å². The van der Waals surface area contributed by atoms with Crippen LogP contribution in [0.4, 0.5) is 8.78 Å². The minimum Gasteiger partial charge on any atom is -0.465 e. The largest absolute Gasteiger partial charge is 0.465 e. The summed E-state index contributed by atoms with van der Waals surface area (Å²) in [6.07, 6.45) is -11.4. The van der Waals surface area contributed by atoms with Crippen LogP contribution in [-0.4, -0.2) is 98.5 Å². The highest BCUT2D eigenvalue weighted by molar-refractivity contribution is 5.80. The molecule has 1 N–H and O–H groups in total. The van der Waals surface area contributed by atoms with Crippen molar-refractivity contribution in [2.45, 2.75) is 70.2 Å². The van der Waals surface area contributed by atoms with Gasteiger partial charge in [-0.2, -0.15) is 4.39 Å². The molecule has 212 valence electrons. The van der Waals surface area contributed by atoms with Gasteiger partial charge in [-0.25, -0.2) is 9.18 Å². The molecule has 1 saturated heterocycles. The van der Waals surface area contributed by atoms with E-state index in [9.17, 15) is 28.8 Å². The normalized spacial score (nSPS) is 25.9. The van der Waals surface area contributed by atoms with Crippen molar-refractivity contribution in [1.82, 2.24) is 5.32 Å². The van der Waals surface area contributed by atoms with E-state index in [1.165, 1.54) is 0 Å². The molecule has 0 aliphatic carbocycles. The van der Waals surface area contributed by atoms with Gasteiger partial charge in [0.15, 0.2) is 18.3 Å². The van der Waals surface area contributed by atoms with Crippen molar-refractivity contribution in [2.24, 2.45) is 5.11 Å². The van der Waals surface area contributed by atoms with Crippen LogP contribution in [0.15, 0.2) is 5.11 Å². The highest BCUT2D eigenvalue weighted by atomic mass is 19.2. The monoisotopic (exact) mass is 552 g/mol. The standard InChI is InChI=1S/C20H26F2N4O12/c1-8(27)34-7-12(35-9(2)28)15(36-10(3)29)16-14(25-13(31)6-24-26-23)17(37-11(4)30)18(21)20(22,38-16)19(32)33-5/h12,14-18H,6-7H2,1-5H3,(H,25,31)/t12-,14+,15-,16?,17-,18-,20-/m1/s1. The molecule has 0 aromatic rings. The van der Waals surface area contributed by atoms with Gasteiger partial charge in [-0.3, -0.25) is 24.0 Å². The molecule has 0 bridgehead atoms. The summed E-state index contributed by atoms with van der Waals surface area (Å²) in [4.78, 5) is 73.9. The molecule has 7 atom stereocenters. The van der Waals surface area contributed by atoms with E-state index in [1.54, 1.807) is 0 Å². The summed E-state index contributed by atoms with van der Waals surface area (Å²) in [5.41, 5.74) is 8.47. The van der Waals surface area contributed by atoms with Crippen molar-refractivity contribution in [2.75, 3.05) is 20.3 Å². The van der Waals surface area contributed by atoms with Crippen molar-refractivity contribution < 1.29 is 66.0 Å². The Hall–Kier alpha value is -4.05. The van der Waals surface area contributed by atoms with Gasteiger partial charge in [0.2, 0.25) is 12.1 Å². The van der Waals surface area contributed by atoms with Crippen molar-refractivity contribution in [3.05, 3.63) is 10.4 Å². The van der Waals surface area contributed by atoms with E-state index < -0.39 is 91.4 Å². The number of amides is 1. The molecule has 0 spiro atoms. The number of nitrogens with one attached hydrogen (secondary N) is 1. The molecule has 1 fully saturated rings. The fourth-order valence-electron chi connectivity index (χ4n) is 3.46. The molecule has 1 aliphatic rings. The molecular formula is C20H26F2N4O12. The zero-order valence-corrected chi connectivity index (χ0v) is 20.9. The zero-order chi connectivity index (χ0) is 29.2. The van der Waals surface area contributed by atoms with Crippen LogP contribution in [0.25, 0.3) is 10.4 Å². The number of alkyl halides is 2. The number of carbonyl (C=O) groups excluding carboxylic acids is 6. The summed E-state index contributed by atoms with van der Waals surface area (Å²) in [6.45, 7) is 1.88. The number of methoxy groups -OCH3 is 1. The van der Waals surface area contributed by atoms with Crippen LogP contribution < -0.4 is 5.32 Å². The lowest BCUT2D eigenvalue weighted by Crippen LogP contribution is -2.72. The fourth-order valence-corrected chi connectivity index (χ4v) is 3.46. The van der Waals surface area contributed by atoms with E-state index >= 15 is 8.78 Å². The molecule has 18 heteroatoms. The number of ether oxygens (including phenoxy) is 6. The van der Waals surface area contributed by atoms with E-state index in [4.69, 9.17) is 29.2 Å². The Kier molecular flexibility index (Phi) is 11.8. The van der Waals surface area contributed by atoms with Crippen molar-refractivity contribution >= 4 is 35.8 Å². The molecule has 1 unspecified atom stereocenters. The number of carbonyl (C=O) groups is 6. The number of hydrogen-bond donors (Lipinski definition) is 1. The quantitative estimate of drug-likeness (QED) is 0.115. The first-order chi connectivity index (χ1) is 17.7. The summed E-state index contributed by atoms with van der Waals surface area (Å²) in [5.74, 6) is -11.3. The van der Waals surface area contributed by atoms with Crippen molar-refractivity contribution in [1.29, 1.82) is 0 Å². The second-order valence-corrected chi connectivity index (χ2v) is 7.70. The summed E-state index contributed by atoms with van der Waals surface area (Å²) in [7, 11) is 0.690. The van der Waals surface area contributed by atoms with E-state index in [2.05, 4.69) is 20.1 Å². The molecule has 1 aliphatic heterocycles. The van der Waals surface area contributed by atoms with E-state index in [0.717, 1.165) is 27.7 Å². The average Bonchev–Trinajstić information content (AvgIpc) is 2.82. The van der Waals surface area contributed by atoms with Gasteiger partial charge in [0.25, 0.3) is 0 Å². The van der Waals surface area contributed by atoms with Gasteiger partial charge >= 0.3 is 35.7 Å². The zero-order valence-electron chi connectivity index (χ0n) is 20.9. The van der Waals surface area contributed by atoms with Gasteiger partial charge in [0, 0.05) is 32.6 Å². The molecule has 1 amide bonds. The number of rotatable bonds is 11. The van der Waals surface area contributed by atoms with Crippen LogP contribution >= 0.6 is 0 Å². The molecule has 1 rings (SSSR count). The predicted octanol–water partition coefficient (Wildman–Crippen LogP) is -0.285. The van der Waals surface area contributed by atoms with E-state index in [-0.39, 0.29) is 0 Å². The third-order valence-electron chi connectivity index (χ3n) is 4.79. The molecular weight excluding hydrogens is 526 g/mol. The first-order valence-electron chi connectivity index (χ1n) is 10.7. The van der Waals surface area contributed by atoms with Gasteiger partial charge in [0.1, 0.15) is 19.3 Å². The van der Waals surface area contributed by atoms with Crippen molar-refractivity contribution in [3.63, 3.8) is 0 Å². The van der Waals surface area contributed by atoms with Gasteiger partial charge < -0.3 is 33.7 Å². The molecule has 16 nitrogen and oxygen atoms in total. The van der Waals surface area contributed by atoms with Crippen LogP contribution in [0.1, 0.15) is 27.7 Å². The fraction of sp³-hybridized carbons (Fsp3) is 0.700. The van der Waals surface area contributed by atoms with E-state index in [0.29, 0.717) is 7.11 Å². The average molecular weight is 552 g/mol. The van der Waals surface area contributed by atoms with Crippen LogP contribution in [0.3, 0.4) is 0 Å². The van der Waals surface area contributed by atoms with Crippen molar-refractivity contribution in [3.8, 4) is 0 Å². The molecule has 1 heterocycles. The smallest absolute Gasteiger partial charge is 0.375 e. The second-order valence-electron chi connectivity index (χ2n) is 7.70. The third kappa shape index (κ3) is 8.52. The number of azide groups is 1. The summed E-state index contributed by atoms with van der Waals surface area (Å²) < 4.78 is 60.4. The number of halogens is 2. The first kappa shape index (κ1) is 32.0. The lowest BCUT2D eigenvalue weighted by Gasteiger charge is -2.47. The SMILES string of the molecule is COC(=O)[C@]1(F)OC([C@H](OC(C)=O)[C@@H](COC(C)=O)OC(C)=O)[C@H](NC(=O)CN=[N+]=[N-])[C@@H](OC(C)=O)[C@H]1F. The summed E-state index contributed by atoms with van der Waals surface area (Å²) in [6, 6.07) is -1.97. The number of esters is 5. The maximum Gasteiger partial charge on any atom is 0.375 e. The number of nitrogens with zero attached hydrogens (tertiary/aromatic N) is 3. The van der Waals surface area contributed by atoms with E-state index in [1.807, 2.05) is 0 Å². The molecule has 0 radical (unpaired) electrons. The first-order valence-corrected chi connectivity index (χ1v) is 10.7. The Balaban J connectivity index is 3.81. The Morgan fingerprint density at radius 3 is 2.13 bits per heavy atom. The molecule has 0 saturated carbocycles. The summed E-state index contributed by atoms with van der Waals surface area (Å²) >= 11 is 0. The highest BCUT2D eigenvalue weighted by Gasteiger charge is 2.65. The minimum atomic E-state index is -4.01. The highest BCUT2D eigenvalue weighted by Crippen LogP contribution is 2.39. The minimum absolute atomic E-state index is 0.690. The molecule has 0 aromatic heterocycles. The van der Waals surface area contributed by atoms with Gasteiger partial charge in [-0.15, -0.1) is 0 Å². The Bertz CT molecular complexity index is 989. The Labute approximate surface area is 213 Å².